The molecule has 1 saturated heterocycles. The number of halogens is 1. The van der Waals surface area contributed by atoms with Gasteiger partial charge in [0.2, 0.25) is 0 Å². The third kappa shape index (κ3) is 4.02. The standard InChI is InChI=1S/C14H19BrN2S/c1-10(2)7-12-9-18-14(17-12)16-8-11-5-3-4-6-13(11)15/h3-6,10,12H,7-9H2,1-2H3,(H,16,17). The van der Waals surface area contributed by atoms with Crippen molar-refractivity contribution in [3.8, 4) is 0 Å². The van der Waals surface area contributed by atoms with Crippen molar-refractivity contribution < 1.29 is 0 Å². The summed E-state index contributed by atoms with van der Waals surface area (Å²) in [5, 5.41) is 4.60. The molecule has 0 bridgehead atoms. The first-order valence-corrected chi connectivity index (χ1v) is 8.10. The molecular formula is C14H19BrN2S. The van der Waals surface area contributed by atoms with Crippen LogP contribution in [0.1, 0.15) is 25.8 Å². The third-order valence-electron chi connectivity index (χ3n) is 2.86. The molecule has 98 valence electrons. The molecule has 1 aliphatic rings. The molecular weight excluding hydrogens is 308 g/mol. The molecule has 1 heterocycles. The zero-order valence-corrected chi connectivity index (χ0v) is 13.2. The Morgan fingerprint density at radius 2 is 2.22 bits per heavy atom. The molecule has 1 N–H and O–H groups in total. The quantitative estimate of drug-likeness (QED) is 0.902. The molecule has 2 nitrogen and oxygen atoms in total. The van der Waals surface area contributed by atoms with Crippen LogP contribution in [0.25, 0.3) is 0 Å². The van der Waals surface area contributed by atoms with Crippen LogP contribution in [0.3, 0.4) is 0 Å². The minimum Gasteiger partial charge on any atom is -0.361 e. The number of thioether (sulfide) groups is 1. The van der Waals surface area contributed by atoms with Gasteiger partial charge < -0.3 is 5.32 Å². The highest BCUT2D eigenvalue weighted by Gasteiger charge is 2.20. The van der Waals surface area contributed by atoms with Gasteiger partial charge in [-0.15, -0.1) is 0 Å². The van der Waals surface area contributed by atoms with Gasteiger partial charge in [-0.25, -0.2) is 0 Å². The molecule has 0 aliphatic carbocycles. The number of aliphatic imine (C=N–C) groups is 1. The zero-order chi connectivity index (χ0) is 13.0. The fourth-order valence-corrected chi connectivity index (χ4v) is 3.40. The highest BCUT2D eigenvalue weighted by Crippen LogP contribution is 2.21. The van der Waals surface area contributed by atoms with Crippen LogP contribution in [-0.4, -0.2) is 17.0 Å². The van der Waals surface area contributed by atoms with E-state index in [0.717, 1.165) is 27.9 Å². The molecule has 0 amide bonds. The van der Waals surface area contributed by atoms with Crippen LogP contribution in [0.2, 0.25) is 0 Å². The van der Waals surface area contributed by atoms with Gasteiger partial charge in [-0.05, 0) is 24.0 Å². The average molecular weight is 327 g/mol. The number of amidine groups is 1. The third-order valence-corrected chi connectivity index (χ3v) is 4.72. The molecule has 0 spiro atoms. The fraction of sp³-hybridized carbons (Fsp3) is 0.500. The summed E-state index contributed by atoms with van der Waals surface area (Å²) in [6.45, 7) is 5.27. The van der Waals surface area contributed by atoms with E-state index in [4.69, 9.17) is 0 Å². The summed E-state index contributed by atoms with van der Waals surface area (Å²) in [7, 11) is 0. The highest BCUT2D eigenvalue weighted by molar-refractivity contribution is 9.10. The van der Waals surface area contributed by atoms with E-state index in [9.17, 15) is 0 Å². The van der Waals surface area contributed by atoms with E-state index in [-0.39, 0.29) is 0 Å². The molecule has 0 radical (unpaired) electrons. The predicted octanol–water partition coefficient (Wildman–Crippen LogP) is 4.06. The first kappa shape index (κ1) is 13.9. The molecule has 1 unspecified atom stereocenters. The van der Waals surface area contributed by atoms with Gasteiger partial charge in [0, 0.05) is 16.3 Å². The maximum absolute atomic E-state index is 4.65. The van der Waals surface area contributed by atoms with E-state index < -0.39 is 0 Å². The summed E-state index contributed by atoms with van der Waals surface area (Å²) in [5.41, 5.74) is 1.24. The second kappa shape index (κ2) is 6.62. The Balaban J connectivity index is 1.90. The molecule has 4 heteroatoms. The van der Waals surface area contributed by atoms with Gasteiger partial charge in [0.1, 0.15) is 0 Å². The molecule has 18 heavy (non-hydrogen) atoms. The van der Waals surface area contributed by atoms with Gasteiger partial charge in [0.05, 0.1) is 6.54 Å². The van der Waals surface area contributed by atoms with Crippen LogP contribution in [0.5, 0.6) is 0 Å². The van der Waals surface area contributed by atoms with E-state index in [1.165, 1.54) is 12.0 Å². The zero-order valence-electron chi connectivity index (χ0n) is 10.8. The SMILES string of the molecule is CC(C)CC1CSC(=NCc2ccccc2Br)N1. The first-order chi connectivity index (χ1) is 8.65. The van der Waals surface area contributed by atoms with Crippen molar-refractivity contribution in [1.82, 2.24) is 5.32 Å². The van der Waals surface area contributed by atoms with Crippen LogP contribution in [-0.2, 0) is 6.54 Å². The van der Waals surface area contributed by atoms with E-state index in [1.54, 1.807) is 0 Å². The average Bonchev–Trinajstić information content (AvgIpc) is 2.75. The Bertz CT molecular complexity index is 432. The number of benzene rings is 1. The number of nitrogens with zero attached hydrogens (tertiary/aromatic N) is 1. The van der Waals surface area contributed by atoms with Crippen LogP contribution in [0.15, 0.2) is 33.7 Å². The second-order valence-corrected chi connectivity index (χ2v) is 6.86. The molecule has 0 aromatic heterocycles. The van der Waals surface area contributed by atoms with Crippen molar-refractivity contribution in [1.29, 1.82) is 0 Å². The van der Waals surface area contributed by atoms with E-state index in [0.29, 0.717) is 6.04 Å². The van der Waals surface area contributed by atoms with E-state index in [2.05, 4.69) is 58.3 Å². The Hall–Kier alpha value is -0.480. The van der Waals surface area contributed by atoms with Gasteiger partial charge in [-0.2, -0.15) is 0 Å². The minimum atomic E-state index is 0.591. The minimum absolute atomic E-state index is 0.591. The van der Waals surface area contributed by atoms with Crippen LogP contribution >= 0.6 is 27.7 Å². The number of nitrogens with one attached hydrogen (secondary N) is 1. The van der Waals surface area contributed by atoms with Gasteiger partial charge in [0.25, 0.3) is 0 Å². The van der Waals surface area contributed by atoms with Crippen molar-refractivity contribution >= 4 is 32.9 Å². The smallest absolute Gasteiger partial charge is 0.157 e. The molecule has 0 saturated carbocycles. The number of rotatable bonds is 4. The topological polar surface area (TPSA) is 24.4 Å². The van der Waals surface area contributed by atoms with Crippen molar-refractivity contribution in [3.63, 3.8) is 0 Å². The largest absolute Gasteiger partial charge is 0.361 e. The lowest BCUT2D eigenvalue weighted by molar-refractivity contribution is 0.502. The van der Waals surface area contributed by atoms with Crippen molar-refractivity contribution in [2.45, 2.75) is 32.9 Å². The lowest BCUT2D eigenvalue weighted by atomic mass is 10.1. The van der Waals surface area contributed by atoms with Crippen molar-refractivity contribution in [2.24, 2.45) is 10.9 Å². The summed E-state index contributed by atoms with van der Waals surface area (Å²) < 4.78 is 1.14. The van der Waals surface area contributed by atoms with Crippen molar-refractivity contribution in [2.75, 3.05) is 5.75 Å². The summed E-state index contributed by atoms with van der Waals surface area (Å²) in [6, 6.07) is 8.85. The predicted molar refractivity (Wildman–Crippen MR) is 84.1 cm³/mol. The lowest BCUT2D eigenvalue weighted by Gasteiger charge is -2.11. The maximum atomic E-state index is 4.65. The Morgan fingerprint density at radius 1 is 1.44 bits per heavy atom. The summed E-state index contributed by atoms with van der Waals surface area (Å²) >= 11 is 5.40. The molecule has 1 aromatic rings. The van der Waals surface area contributed by atoms with Crippen molar-refractivity contribution in [3.05, 3.63) is 34.3 Å². The monoisotopic (exact) mass is 326 g/mol. The summed E-state index contributed by atoms with van der Waals surface area (Å²) in [4.78, 5) is 4.65. The van der Waals surface area contributed by atoms with E-state index >= 15 is 0 Å². The number of hydrogen-bond donors (Lipinski definition) is 1. The summed E-state index contributed by atoms with van der Waals surface area (Å²) in [6.07, 6.45) is 1.22. The van der Waals surface area contributed by atoms with Gasteiger partial charge in [0.15, 0.2) is 5.17 Å². The Kier molecular flexibility index (Phi) is 5.13. The van der Waals surface area contributed by atoms with E-state index in [1.807, 2.05) is 17.8 Å². The normalized spacial score (nSPS) is 21.6. The number of hydrogen-bond acceptors (Lipinski definition) is 2. The molecule has 1 fully saturated rings. The molecule has 2 rings (SSSR count). The van der Waals surface area contributed by atoms with Crippen LogP contribution < -0.4 is 5.32 Å². The van der Waals surface area contributed by atoms with Gasteiger partial charge in [-0.1, -0.05) is 59.7 Å². The molecule has 1 aromatic carbocycles. The summed E-state index contributed by atoms with van der Waals surface area (Å²) in [5.74, 6) is 1.89. The van der Waals surface area contributed by atoms with Gasteiger partial charge >= 0.3 is 0 Å². The maximum Gasteiger partial charge on any atom is 0.157 e. The van der Waals surface area contributed by atoms with Crippen LogP contribution in [0, 0.1) is 5.92 Å². The first-order valence-electron chi connectivity index (χ1n) is 6.32. The fourth-order valence-electron chi connectivity index (χ4n) is 2.01. The lowest BCUT2D eigenvalue weighted by Crippen LogP contribution is -2.28. The second-order valence-electron chi connectivity index (χ2n) is 4.99. The molecule has 1 aliphatic heterocycles. The highest BCUT2D eigenvalue weighted by atomic mass is 79.9. The Labute approximate surface area is 122 Å². The molecule has 1 atom stereocenters. The van der Waals surface area contributed by atoms with Gasteiger partial charge in [-0.3, -0.25) is 4.99 Å². The Morgan fingerprint density at radius 3 is 2.94 bits per heavy atom. The van der Waals surface area contributed by atoms with Crippen LogP contribution in [0.4, 0.5) is 0 Å².